The van der Waals surface area contributed by atoms with Crippen molar-refractivity contribution < 1.29 is 9.59 Å². The Morgan fingerprint density at radius 1 is 1.24 bits per heavy atom. The van der Waals surface area contributed by atoms with Crippen LogP contribution in [-0.4, -0.2) is 47.9 Å². The summed E-state index contributed by atoms with van der Waals surface area (Å²) in [4.78, 5) is 26.6. The summed E-state index contributed by atoms with van der Waals surface area (Å²) in [6, 6.07) is 9.92. The van der Waals surface area contributed by atoms with Gasteiger partial charge >= 0.3 is 0 Å². The van der Waals surface area contributed by atoms with Gasteiger partial charge in [0.15, 0.2) is 0 Å². The second-order valence-electron chi connectivity index (χ2n) is 7.73. The molecule has 0 spiro atoms. The standard InChI is InChI=1S/C20H29N3O2/c1-15-14-20(2,22-15)19(25)21-11-8-16-9-12-23(13-10-16)18(24)17-6-4-3-5-7-17/h3-7,15-16,22H,8-14H2,1-2H3,(H,21,25). The quantitative estimate of drug-likeness (QED) is 0.861. The molecule has 0 aliphatic carbocycles. The summed E-state index contributed by atoms with van der Waals surface area (Å²) in [5.74, 6) is 0.828. The Morgan fingerprint density at radius 3 is 2.48 bits per heavy atom. The first-order valence-electron chi connectivity index (χ1n) is 9.38. The number of nitrogens with one attached hydrogen (secondary N) is 2. The van der Waals surface area contributed by atoms with E-state index in [1.165, 1.54) is 0 Å². The Bertz CT molecular complexity index is 603. The Morgan fingerprint density at radius 2 is 1.88 bits per heavy atom. The molecule has 2 aliphatic heterocycles. The van der Waals surface area contributed by atoms with Crippen LogP contribution in [0.4, 0.5) is 0 Å². The Labute approximate surface area is 150 Å². The van der Waals surface area contributed by atoms with Crippen molar-refractivity contribution in [1.82, 2.24) is 15.5 Å². The molecule has 2 amide bonds. The lowest BCUT2D eigenvalue weighted by Gasteiger charge is -2.44. The van der Waals surface area contributed by atoms with Crippen molar-refractivity contribution >= 4 is 11.8 Å². The molecule has 136 valence electrons. The Hall–Kier alpha value is -1.88. The van der Waals surface area contributed by atoms with E-state index in [2.05, 4.69) is 17.6 Å². The normalized spacial score (nSPS) is 26.8. The van der Waals surface area contributed by atoms with Gasteiger partial charge in [-0.2, -0.15) is 0 Å². The van der Waals surface area contributed by atoms with Gasteiger partial charge in [0.05, 0.1) is 5.54 Å². The number of nitrogens with zero attached hydrogens (tertiary/aromatic N) is 1. The number of carbonyl (C=O) groups is 2. The average molecular weight is 343 g/mol. The molecule has 5 nitrogen and oxygen atoms in total. The van der Waals surface area contributed by atoms with Crippen molar-refractivity contribution in [3.05, 3.63) is 35.9 Å². The molecule has 0 bridgehead atoms. The zero-order valence-corrected chi connectivity index (χ0v) is 15.3. The molecule has 3 rings (SSSR count). The van der Waals surface area contributed by atoms with Gasteiger partial charge in [0, 0.05) is 31.2 Å². The van der Waals surface area contributed by atoms with Gasteiger partial charge in [0.1, 0.15) is 0 Å². The van der Waals surface area contributed by atoms with Crippen LogP contribution in [0.25, 0.3) is 0 Å². The molecule has 2 N–H and O–H groups in total. The summed E-state index contributed by atoms with van der Waals surface area (Å²) in [5, 5.41) is 6.36. The number of carbonyl (C=O) groups excluding carboxylic acids is 2. The van der Waals surface area contributed by atoms with E-state index in [1.807, 2.05) is 42.2 Å². The van der Waals surface area contributed by atoms with E-state index in [0.717, 1.165) is 50.9 Å². The van der Waals surface area contributed by atoms with Crippen molar-refractivity contribution in [2.24, 2.45) is 5.92 Å². The van der Waals surface area contributed by atoms with Crippen molar-refractivity contribution in [2.45, 2.75) is 51.1 Å². The van der Waals surface area contributed by atoms with Crippen LogP contribution in [0.3, 0.4) is 0 Å². The van der Waals surface area contributed by atoms with E-state index in [1.54, 1.807) is 0 Å². The van der Waals surface area contributed by atoms with Crippen molar-refractivity contribution in [1.29, 1.82) is 0 Å². The van der Waals surface area contributed by atoms with E-state index in [0.29, 0.717) is 12.0 Å². The fourth-order valence-electron chi connectivity index (χ4n) is 4.07. The van der Waals surface area contributed by atoms with E-state index in [9.17, 15) is 9.59 Å². The second-order valence-corrected chi connectivity index (χ2v) is 7.73. The third-order valence-corrected chi connectivity index (χ3v) is 5.54. The van der Waals surface area contributed by atoms with Gasteiger partial charge in [-0.15, -0.1) is 0 Å². The molecule has 0 aromatic heterocycles. The van der Waals surface area contributed by atoms with Gasteiger partial charge in [0.25, 0.3) is 5.91 Å². The minimum atomic E-state index is -0.384. The van der Waals surface area contributed by atoms with E-state index in [-0.39, 0.29) is 17.4 Å². The van der Waals surface area contributed by atoms with Crippen LogP contribution in [0.5, 0.6) is 0 Å². The first-order chi connectivity index (χ1) is 12.0. The maximum absolute atomic E-state index is 12.4. The minimum Gasteiger partial charge on any atom is -0.354 e. The maximum atomic E-state index is 12.4. The smallest absolute Gasteiger partial charge is 0.253 e. The van der Waals surface area contributed by atoms with Gasteiger partial charge in [0.2, 0.25) is 5.91 Å². The average Bonchev–Trinajstić information content (AvgIpc) is 2.61. The molecular weight excluding hydrogens is 314 g/mol. The lowest BCUT2D eigenvalue weighted by molar-refractivity contribution is -0.131. The van der Waals surface area contributed by atoms with Crippen LogP contribution in [0, 0.1) is 5.92 Å². The number of rotatable bonds is 5. The molecule has 2 fully saturated rings. The van der Waals surface area contributed by atoms with Crippen LogP contribution in [0.15, 0.2) is 30.3 Å². The number of amides is 2. The predicted octanol–water partition coefficient (Wildman–Crippen LogP) is 2.19. The molecule has 2 atom stereocenters. The molecule has 0 radical (unpaired) electrons. The van der Waals surface area contributed by atoms with Gasteiger partial charge < -0.3 is 15.5 Å². The zero-order chi connectivity index (χ0) is 17.9. The summed E-state index contributed by atoms with van der Waals surface area (Å²) < 4.78 is 0. The summed E-state index contributed by atoms with van der Waals surface area (Å²) >= 11 is 0. The molecule has 2 aliphatic rings. The zero-order valence-electron chi connectivity index (χ0n) is 15.3. The van der Waals surface area contributed by atoms with Crippen LogP contribution in [0.1, 0.15) is 49.9 Å². The third kappa shape index (κ3) is 4.21. The van der Waals surface area contributed by atoms with E-state index >= 15 is 0 Å². The molecule has 1 aromatic rings. The summed E-state index contributed by atoms with van der Waals surface area (Å²) in [7, 11) is 0. The van der Waals surface area contributed by atoms with Crippen molar-refractivity contribution in [3.63, 3.8) is 0 Å². The number of hydrogen-bond donors (Lipinski definition) is 2. The van der Waals surface area contributed by atoms with E-state index in [4.69, 9.17) is 0 Å². The highest BCUT2D eigenvalue weighted by Crippen LogP contribution is 2.24. The van der Waals surface area contributed by atoms with Crippen molar-refractivity contribution in [3.8, 4) is 0 Å². The fraction of sp³-hybridized carbons (Fsp3) is 0.600. The van der Waals surface area contributed by atoms with Crippen LogP contribution < -0.4 is 10.6 Å². The lowest BCUT2D eigenvalue weighted by atomic mass is 9.83. The fourth-order valence-corrected chi connectivity index (χ4v) is 4.07. The molecule has 0 saturated carbocycles. The predicted molar refractivity (Wildman–Crippen MR) is 98.3 cm³/mol. The summed E-state index contributed by atoms with van der Waals surface area (Å²) in [5.41, 5.74) is 0.383. The van der Waals surface area contributed by atoms with Gasteiger partial charge in [-0.25, -0.2) is 0 Å². The Kier molecular flexibility index (Phi) is 5.42. The topological polar surface area (TPSA) is 61.4 Å². The molecule has 2 saturated heterocycles. The van der Waals surface area contributed by atoms with Crippen LogP contribution in [0.2, 0.25) is 0 Å². The molecule has 5 heteroatoms. The SMILES string of the molecule is CC1CC(C)(C(=O)NCCC2CCN(C(=O)c3ccccc3)CC2)N1. The first-order valence-corrected chi connectivity index (χ1v) is 9.38. The number of benzene rings is 1. The van der Waals surface area contributed by atoms with Gasteiger partial charge in [-0.1, -0.05) is 18.2 Å². The first kappa shape index (κ1) is 17.9. The molecule has 25 heavy (non-hydrogen) atoms. The number of piperidine rings is 1. The van der Waals surface area contributed by atoms with Gasteiger partial charge in [-0.3, -0.25) is 9.59 Å². The minimum absolute atomic E-state index is 0.113. The van der Waals surface area contributed by atoms with Crippen molar-refractivity contribution in [2.75, 3.05) is 19.6 Å². The summed E-state index contributed by atoms with van der Waals surface area (Å²) in [6.45, 7) is 6.41. The Balaban J connectivity index is 1.37. The van der Waals surface area contributed by atoms with Crippen LogP contribution >= 0.6 is 0 Å². The molecule has 1 aromatic carbocycles. The van der Waals surface area contributed by atoms with E-state index < -0.39 is 0 Å². The maximum Gasteiger partial charge on any atom is 0.253 e. The number of hydrogen-bond acceptors (Lipinski definition) is 3. The van der Waals surface area contributed by atoms with Gasteiger partial charge in [-0.05, 0) is 57.6 Å². The highest BCUT2D eigenvalue weighted by Gasteiger charge is 2.43. The molecular formula is C20H29N3O2. The summed E-state index contributed by atoms with van der Waals surface area (Å²) in [6.07, 6.45) is 3.92. The number of likely N-dealkylation sites (tertiary alicyclic amines) is 1. The highest BCUT2D eigenvalue weighted by atomic mass is 16.2. The van der Waals surface area contributed by atoms with Crippen LogP contribution in [-0.2, 0) is 4.79 Å². The monoisotopic (exact) mass is 343 g/mol. The third-order valence-electron chi connectivity index (χ3n) is 5.54. The molecule has 2 unspecified atom stereocenters. The lowest BCUT2D eigenvalue weighted by Crippen LogP contribution is -2.67. The highest BCUT2D eigenvalue weighted by molar-refractivity contribution is 5.94. The molecule has 2 heterocycles. The largest absolute Gasteiger partial charge is 0.354 e. The second kappa shape index (κ2) is 7.56.